The summed E-state index contributed by atoms with van der Waals surface area (Å²) in [5.74, 6) is 0. The van der Waals surface area contributed by atoms with Gasteiger partial charge in [-0.25, -0.2) is 0 Å². The predicted molar refractivity (Wildman–Crippen MR) is 61.6 cm³/mol. The molecule has 0 aliphatic heterocycles. The molecule has 0 atom stereocenters. The van der Waals surface area contributed by atoms with Crippen LogP contribution in [0.1, 0.15) is 28.2 Å². The van der Waals surface area contributed by atoms with Crippen LogP contribution in [0.4, 0.5) is 0 Å². The average molecular weight is 210 g/mol. The molecule has 1 aromatic heterocycles. The first-order chi connectivity index (χ1) is 6.65. The fourth-order valence-electron chi connectivity index (χ4n) is 1.81. The second-order valence-electron chi connectivity index (χ2n) is 4.26. The van der Waals surface area contributed by atoms with Crippen molar-refractivity contribution in [3.63, 3.8) is 0 Å². The van der Waals surface area contributed by atoms with Gasteiger partial charge in [-0.2, -0.15) is 0 Å². The van der Waals surface area contributed by atoms with Crippen LogP contribution in [0.15, 0.2) is 6.07 Å². The van der Waals surface area contributed by atoms with E-state index in [-0.39, 0.29) is 0 Å². The Balaban J connectivity index is 1.80. The quantitative estimate of drug-likeness (QED) is 0.800. The summed E-state index contributed by atoms with van der Waals surface area (Å²) in [6.45, 7) is 5.37. The van der Waals surface area contributed by atoms with Gasteiger partial charge in [0.05, 0.1) is 0 Å². The molecule has 2 rings (SSSR count). The summed E-state index contributed by atoms with van der Waals surface area (Å²) < 4.78 is 0. The number of nitrogens with two attached hydrogens (primary N) is 1. The van der Waals surface area contributed by atoms with Crippen LogP contribution < -0.4 is 11.1 Å². The maximum absolute atomic E-state index is 5.73. The molecule has 0 spiro atoms. The van der Waals surface area contributed by atoms with E-state index >= 15 is 0 Å². The molecule has 1 heterocycles. The number of rotatable bonds is 3. The lowest BCUT2D eigenvalue weighted by molar-refractivity contribution is 0.291. The summed E-state index contributed by atoms with van der Waals surface area (Å²) >= 11 is 1.90. The molecule has 0 bridgehead atoms. The smallest absolute Gasteiger partial charge is 0.0302 e. The van der Waals surface area contributed by atoms with Gasteiger partial charge < -0.3 is 11.1 Å². The lowest BCUT2D eigenvalue weighted by atomic mass is 9.88. The van der Waals surface area contributed by atoms with Crippen molar-refractivity contribution in [1.29, 1.82) is 0 Å². The van der Waals surface area contributed by atoms with E-state index in [1.54, 1.807) is 0 Å². The second kappa shape index (κ2) is 4.01. The van der Waals surface area contributed by atoms with Gasteiger partial charge in [-0.3, -0.25) is 0 Å². The molecular formula is C11H18N2S. The Morgan fingerprint density at radius 1 is 1.50 bits per heavy atom. The third kappa shape index (κ3) is 2.16. The van der Waals surface area contributed by atoms with E-state index in [9.17, 15) is 0 Å². The number of hydrogen-bond acceptors (Lipinski definition) is 3. The Morgan fingerprint density at radius 3 is 2.71 bits per heavy atom. The summed E-state index contributed by atoms with van der Waals surface area (Å²) in [4.78, 5) is 2.88. The van der Waals surface area contributed by atoms with Crippen LogP contribution in [0, 0.1) is 13.8 Å². The van der Waals surface area contributed by atoms with E-state index in [2.05, 4.69) is 25.2 Å². The first kappa shape index (κ1) is 10.1. The number of aryl methyl sites for hydroxylation is 2. The van der Waals surface area contributed by atoms with E-state index < -0.39 is 0 Å². The van der Waals surface area contributed by atoms with Crippen LogP contribution >= 0.6 is 11.3 Å². The standard InChI is InChI=1S/C11H18N2S/c1-7-3-11(14-8(7)2)6-13-10-4-9(12)5-10/h3,9-10,13H,4-6,12H2,1-2H3. The molecular weight excluding hydrogens is 192 g/mol. The minimum Gasteiger partial charge on any atom is -0.328 e. The SMILES string of the molecule is Cc1cc(CNC2CC(N)C2)sc1C. The highest BCUT2D eigenvalue weighted by Gasteiger charge is 2.24. The molecule has 1 aromatic rings. The molecule has 78 valence electrons. The van der Waals surface area contributed by atoms with Crippen molar-refractivity contribution >= 4 is 11.3 Å². The van der Waals surface area contributed by atoms with Crippen LogP contribution in [-0.4, -0.2) is 12.1 Å². The molecule has 14 heavy (non-hydrogen) atoms. The van der Waals surface area contributed by atoms with Crippen molar-refractivity contribution in [2.75, 3.05) is 0 Å². The Hall–Kier alpha value is -0.380. The highest BCUT2D eigenvalue weighted by Crippen LogP contribution is 2.22. The largest absolute Gasteiger partial charge is 0.328 e. The van der Waals surface area contributed by atoms with Crippen molar-refractivity contribution in [2.24, 2.45) is 5.73 Å². The van der Waals surface area contributed by atoms with E-state index in [0.29, 0.717) is 12.1 Å². The maximum Gasteiger partial charge on any atom is 0.0302 e. The molecule has 3 N–H and O–H groups in total. The monoisotopic (exact) mass is 210 g/mol. The zero-order chi connectivity index (χ0) is 10.1. The fourth-order valence-corrected chi connectivity index (χ4v) is 2.81. The third-order valence-corrected chi connectivity index (χ3v) is 4.11. The van der Waals surface area contributed by atoms with Crippen LogP contribution in [0.25, 0.3) is 0 Å². The van der Waals surface area contributed by atoms with Crippen LogP contribution in [-0.2, 0) is 6.54 Å². The summed E-state index contributed by atoms with van der Waals surface area (Å²) in [5.41, 5.74) is 7.14. The molecule has 2 nitrogen and oxygen atoms in total. The zero-order valence-corrected chi connectivity index (χ0v) is 9.66. The highest BCUT2D eigenvalue weighted by molar-refractivity contribution is 7.12. The molecule has 1 saturated carbocycles. The third-order valence-electron chi connectivity index (χ3n) is 2.96. The second-order valence-corrected chi connectivity index (χ2v) is 5.60. The first-order valence-corrected chi connectivity index (χ1v) is 6.01. The Bertz CT molecular complexity index is 294. The summed E-state index contributed by atoms with van der Waals surface area (Å²) in [6.07, 6.45) is 2.28. The average Bonchev–Trinajstić information content (AvgIpc) is 2.39. The van der Waals surface area contributed by atoms with Crippen molar-refractivity contribution in [2.45, 2.75) is 45.3 Å². The number of thiophene rings is 1. The van der Waals surface area contributed by atoms with E-state index in [4.69, 9.17) is 5.73 Å². The topological polar surface area (TPSA) is 38.0 Å². The van der Waals surface area contributed by atoms with Crippen LogP contribution in [0.5, 0.6) is 0 Å². The summed E-state index contributed by atoms with van der Waals surface area (Å²) in [5, 5.41) is 3.54. The van der Waals surface area contributed by atoms with Crippen molar-refractivity contribution < 1.29 is 0 Å². The lowest BCUT2D eigenvalue weighted by Crippen LogP contribution is -2.47. The molecule has 0 radical (unpaired) electrons. The van der Waals surface area contributed by atoms with E-state index in [1.165, 1.54) is 15.3 Å². The number of nitrogens with one attached hydrogen (secondary N) is 1. The normalized spacial score (nSPS) is 26.2. The minimum atomic E-state index is 0.444. The van der Waals surface area contributed by atoms with Gasteiger partial charge in [-0.1, -0.05) is 0 Å². The Kier molecular flexibility index (Phi) is 2.91. The molecule has 0 saturated heterocycles. The molecule has 1 aliphatic carbocycles. The molecule has 1 fully saturated rings. The lowest BCUT2D eigenvalue weighted by Gasteiger charge is -2.33. The van der Waals surface area contributed by atoms with Gasteiger partial charge in [0.1, 0.15) is 0 Å². The Labute approximate surface area is 89.5 Å². The first-order valence-electron chi connectivity index (χ1n) is 5.20. The molecule has 3 heteroatoms. The fraction of sp³-hybridized carbons (Fsp3) is 0.636. The van der Waals surface area contributed by atoms with E-state index in [0.717, 1.165) is 19.4 Å². The van der Waals surface area contributed by atoms with E-state index in [1.807, 2.05) is 11.3 Å². The van der Waals surface area contributed by atoms with Crippen molar-refractivity contribution in [1.82, 2.24) is 5.32 Å². The molecule has 0 unspecified atom stereocenters. The van der Waals surface area contributed by atoms with Crippen LogP contribution in [0.3, 0.4) is 0 Å². The van der Waals surface area contributed by atoms with Gasteiger partial charge in [0.15, 0.2) is 0 Å². The van der Waals surface area contributed by atoms with Crippen molar-refractivity contribution in [3.8, 4) is 0 Å². The highest BCUT2D eigenvalue weighted by atomic mass is 32.1. The summed E-state index contributed by atoms with van der Waals surface area (Å²) in [7, 11) is 0. The molecule has 0 amide bonds. The Morgan fingerprint density at radius 2 is 2.21 bits per heavy atom. The molecule has 0 aromatic carbocycles. The van der Waals surface area contributed by atoms with Gasteiger partial charge in [0.2, 0.25) is 0 Å². The van der Waals surface area contributed by atoms with Crippen LogP contribution in [0.2, 0.25) is 0 Å². The minimum absolute atomic E-state index is 0.444. The zero-order valence-electron chi connectivity index (χ0n) is 8.84. The van der Waals surface area contributed by atoms with Crippen molar-refractivity contribution in [3.05, 3.63) is 21.4 Å². The van der Waals surface area contributed by atoms with Gasteiger partial charge in [-0.15, -0.1) is 11.3 Å². The van der Waals surface area contributed by atoms with Gasteiger partial charge in [-0.05, 0) is 38.3 Å². The summed E-state index contributed by atoms with van der Waals surface area (Å²) in [6, 6.07) is 3.39. The van der Waals surface area contributed by atoms with Gasteiger partial charge >= 0.3 is 0 Å². The molecule has 1 aliphatic rings. The van der Waals surface area contributed by atoms with Gasteiger partial charge in [0, 0.05) is 28.4 Å². The van der Waals surface area contributed by atoms with Gasteiger partial charge in [0.25, 0.3) is 0 Å². The number of hydrogen-bond donors (Lipinski definition) is 2. The predicted octanol–water partition coefficient (Wildman–Crippen LogP) is 1.94. The maximum atomic E-state index is 5.73.